The fourth-order valence-corrected chi connectivity index (χ4v) is 3.69. The second-order valence-electron chi connectivity index (χ2n) is 6.96. The van der Waals surface area contributed by atoms with E-state index in [1.54, 1.807) is 0 Å². The van der Waals surface area contributed by atoms with Crippen LogP contribution in [0.5, 0.6) is 0 Å². The number of ether oxygens (including phenoxy) is 1. The van der Waals surface area contributed by atoms with E-state index in [0.717, 1.165) is 25.7 Å². The molecular weight excluding hydrogens is 266 g/mol. The highest BCUT2D eigenvalue weighted by Crippen LogP contribution is 2.29. The van der Waals surface area contributed by atoms with Crippen LogP contribution in [0.2, 0.25) is 0 Å². The monoisotopic (exact) mass is 295 g/mol. The van der Waals surface area contributed by atoms with Gasteiger partial charge in [-0.05, 0) is 37.0 Å². The second kappa shape index (κ2) is 7.81. The summed E-state index contributed by atoms with van der Waals surface area (Å²) in [4.78, 5) is 23.6. The largest absolute Gasteiger partial charge is 0.456 e. The number of nitrogens with one attached hydrogen (secondary N) is 1. The third-order valence-corrected chi connectivity index (χ3v) is 5.35. The summed E-state index contributed by atoms with van der Waals surface area (Å²) in [5.41, 5.74) is 0. The Hall–Kier alpha value is -1.06. The van der Waals surface area contributed by atoms with Gasteiger partial charge in [-0.3, -0.25) is 9.59 Å². The van der Waals surface area contributed by atoms with Gasteiger partial charge in [-0.15, -0.1) is 0 Å². The number of amides is 1. The van der Waals surface area contributed by atoms with Crippen LogP contribution >= 0.6 is 0 Å². The van der Waals surface area contributed by atoms with Crippen LogP contribution in [-0.2, 0) is 14.3 Å². The zero-order valence-corrected chi connectivity index (χ0v) is 13.4. The Morgan fingerprint density at radius 2 is 1.76 bits per heavy atom. The minimum absolute atomic E-state index is 0.122. The molecule has 2 saturated carbocycles. The molecule has 120 valence electrons. The van der Waals surface area contributed by atoms with Crippen molar-refractivity contribution in [1.29, 1.82) is 0 Å². The molecule has 0 spiro atoms. The summed E-state index contributed by atoms with van der Waals surface area (Å²) in [6, 6.07) is 0.231. The summed E-state index contributed by atoms with van der Waals surface area (Å²) >= 11 is 0. The first-order valence-electron chi connectivity index (χ1n) is 8.51. The normalized spacial score (nSPS) is 30.1. The van der Waals surface area contributed by atoms with Crippen LogP contribution in [0.4, 0.5) is 0 Å². The Labute approximate surface area is 128 Å². The highest BCUT2D eigenvalue weighted by molar-refractivity contribution is 5.80. The number of esters is 1. The van der Waals surface area contributed by atoms with Gasteiger partial charge in [0.2, 0.25) is 0 Å². The maximum Gasteiger partial charge on any atom is 0.306 e. The minimum atomic E-state index is -0.220. The third kappa shape index (κ3) is 5.01. The molecule has 0 heterocycles. The molecule has 2 aliphatic rings. The molecule has 4 heteroatoms. The highest BCUT2D eigenvalue weighted by Gasteiger charge is 2.28. The van der Waals surface area contributed by atoms with Crippen LogP contribution in [0.3, 0.4) is 0 Å². The summed E-state index contributed by atoms with van der Waals surface area (Å²) in [6.07, 6.45) is 8.60. The van der Waals surface area contributed by atoms with Crippen molar-refractivity contribution in [3.63, 3.8) is 0 Å². The molecule has 2 rings (SSSR count). The van der Waals surface area contributed by atoms with E-state index >= 15 is 0 Å². The van der Waals surface area contributed by atoms with Crippen molar-refractivity contribution in [3.8, 4) is 0 Å². The van der Waals surface area contributed by atoms with Gasteiger partial charge in [0.15, 0.2) is 6.61 Å². The van der Waals surface area contributed by atoms with E-state index < -0.39 is 0 Å². The maximum absolute atomic E-state index is 11.9. The summed E-state index contributed by atoms with van der Waals surface area (Å²) in [6.45, 7) is 4.31. The van der Waals surface area contributed by atoms with Gasteiger partial charge in [0.25, 0.3) is 5.91 Å². The van der Waals surface area contributed by atoms with E-state index in [1.807, 2.05) is 0 Å². The molecule has 21 heavy (non-hydrogen) atoms. The molecule has 1 amide bonds. The Kier molecular flexibility index (Phi) is 6.07. The van der Waals surface area contributed by atoms with Crippen LogP contribution in [0, 0.1) is 17.8 Å². The fourth-order valence-electron chi connectivity index (χ4n) is 3.69. The van der Waals surface area contributed by atoms with Crippen LogP contribution in [0.1, 0.15) is 65.2 Å². The average molecular weight is 295 g/mol. The van der Waals surface area contributed by atoms with Crippen LogP contribution in [0.15, 0.2) is 0 Å². The molecule has 0 saturated heterocycles. The summed E-state index contributed by atoms with van der Waals surface area (Å²) in [5, 5.41) is 3.03. The lowest BCUT2D eigenvalue weighted by molar-refractivity contribution is -0.149. The number of rotatable bonds is 5. The molecule has 0 aromatic heterocycles. The SMILES string of the molecule is C[C@@H]1[C@@H](C)CCC[C@H]1NC(=O)COC(=O)CC1CCCC1. The molecule has 4 nitrogen and oxygen atoms in total. The Bertz CT molecular complexity index is 363. The third-order valence-electron chi connectivity index (χ3n) is 5.35. The summed E-state index contributed by atoms with van der Waals surface area (Å²) in [5.74, 6) is 1.24. The molecular formula is C17H29NO3. The van der Waals surface area contributed by atoms with E-state index in [2.05, 4.69) is 19.2 Å². The molecule has 0 aromatic rings. The van der Waals surface area contributed by atoms with Gasteiger partial charge in [0.05, 0.1) is 0 Å². The van der Waals surface area contributed by atoms with Crippen molar-refractivity contribution >= 4 is 11.9 Å². The van der Waals surface area contributed by atoms with Crippen LogP contribution < -0.4 is 5.32 Å². The van der Waals surface area contributed by atoms with Gasteiger partial charge in [-0.1, -0.05) is 39.5 Å². The number of hydrogen-bond acceptors (Lipinski definition) is 3. The standard InChI is InChI=1S/C17H29NO3/c1-12-6-5-9-15(13(12)2)18-16(19)11-21-17(20)10-14-7-3-4-8-14/h12-15H,3-11H2,1-2H3,(H,18,19)/t12-,13+,15+/m0/s1. The van der Waals surface area contributed by atoms with Crippen molar-refractivity contribution < 1.29 is 14.3 Å². The highest BCUT2D eigenvalue weighted by atomic mass is 16.5. The minimum Gasteiger partial charge on any atom is -0.456 e. The first kappa shape index (κ1) is 16.3. The first-order valence-corrected chi connectivity index (χ1v) is 8.51. The van der Waals surface area contributed by atoms with Gasteiger partial charge >= 0.3 is 5.97 Å². The quantitative estimate of drug-likeness (QED) is 0.793. The van der Waals surface area contributed by atoms with Gasteiger partial charge in [-0.25, -0.2) is 0 Å². The second-order valence-corrected chi connectivity index (χ2v) is 6.96. The smallest absolute Gasteiger partial charge is 0.306 e. The summed E-state index contributed by atoms with van der Waals surface area (Å²) < 4.78 is 5.12. The first-order chi connectivity index (χ1) is 10.1. The lowest BCUT2D eigenvalue weighted by Crippen LogP contribution is -2.45. The fraction of sp³-hybridized carbons (Fsp3) is 0.882. The molecule has 0 bridgehead atoms. The number of hydrogen-bond donors (Lipinski definition) is 1. The van der Waals surface area contributed by atoms with Gasteiger partial charge in [-0.2, -0.15) is 0 Å². The Balaban J connectivity index is 1.65. The van der Waals surface area contributed by atoms with Gasteiger partial charge in [0, 0.05) is 12.5 Å². The van der Waals surface area contributed by atoms with E-state index in [1.165, 1.54) is 19.3 Å². The van der Waals surface area contributed by atoms with Crippen molar-refractivity contribution in [3.05, 3.63) is 0 Å². The van der Waals surface area contributed by atoms with Crippen molar-refractivity contribution in [1.82, 2.24) is 5.32 Å². The molecule has 0 radical (unpaired) electrons. The number of carbonyl (C=O) groups is 2. The lowest BCUT2D eigenvalue weighted by Gasteiger charge is -2.34. The molecule has 2 fully saturated rings. The average Bonchev–Trinajstić information content (AvgIpc) is 2.94. The molecule has 0 aromatic carbocycles. The van der Waals surface area contributed by atoms with Crippen LogP contribution in [0.25, 0.3) is 0 Å². The maximum atomic E-state index is 11.9. The molecule has 1 N–H and O–H groups in total. The van der Waals surface area contributed by atoms with E-state index in [4.69, 9.17) is 4.74 Å². The predicted octanol–water partition coefficient (Wildman–Crippen LogP) is 3.05. The van der Waals surface area contributed by atoms with Crippen molar-refractivity contribution in [2.75, 3.05) is 6.61 Å². The Morgan fingerprint density at radius 3 is 2.48 bits per heavy atom. The van der Waals surface area contributed by atoms with Gasteiger partial charge in [0.1, 0.15) is 0 Å². The molecule has 3 atom stereocenters. The number of carbonyl (C=O) groups excluding carboxylic acids is 2. The lowest BCUT2D eigenvalue weighted by atomic mass is 9.78. The topological polar surface area (TPSA) is 55.4 Å². The zero-order valence-electron chi connectivity index (χ0n) is 13.4. The Morgan fingerprint density at radius 1 is 1.05 bits per heavy atom. The van der Waals surface area contributed by atoms with E-state index in [0.29, 0.717) is 24.2 Å². The van der Waals surface area contributed by atoms with Gasteiger partial charge < -0.3 is 10.1 Å². The van der Waals surface area contributed by atoms with Crippen molar-refractivity contribution in [2.45, 2.75) is 71.3 Å². The van der Waals surface area contributed by atoms with Crippen LogP contribution in [-0.4, -0.2) is 24.5 Å². The summed E-state index contributed by atoms with van der Waals surface area (Å²) in [7, 11) is 0. The van der Waals surface area contributed by atoms with E-state index in [-0.39, 0.29) is 24.5 Å². The van der Waals surface area contributed by atoms with E-state index in [9.17, 15) is 9.59 Å². The molecule has 0 aliphatic heterocycles. The predicted molar refractivity (Wildman–Crippen MR) is 81.6 cm³/mol. The van der Waals surface area contributed by atoms with Crippen molar-refractivity contribution in [2.24, 2.45) is 17.8 Å². The zero-order chi connectivity index (χ0) is 15.2. The molecule has 2 aliphatic carbocycles. The molecule has 0 unspecified atom stereocenters.